The summed E-state index contributed by atoms with van der Waals surface area (Å²) in [5.74, 6) is -2.48. The van der Waals surface area contributed by atoms with Crippen LogP contribution in [0, 0.1) is 57.9 Å². The Bertz CT molecular complexity index is 7340. The lowest BCUT2D eigenvalue weighted by molar-refractivity contribution is 0.149. The summed E-state index contributed by atoms with van der Waals surface area (Å²) in [7, 11) is -13.1. The van der Waals surface area contributed by atoms with Crippen LogP contribution in [0.15, 0.2) is 196 Å². The number of fused-ring (bicyclic) bond motifs is 4. The molecule has 0 spiro atoms. The highest BCUT2D eigenvalue weighted by Gasteiger charge is 2.27. The number of sulfone groups is 4. The fourth-order valence-corrected chi connectivity index (χ4v) is 17.7. The van der Waals surface area contributed by atoms with Crippen molar-refractivity contribution in [1.29, 1.82) is 0 Å². The summed E-state index contributed by atoms with van der Waals surface area (Å²) in [5, 5.41) is 18.7. The van der Waals surface area contributed by atoms with Gasteiger partial charge in [-0.25, -0.2) is 76.5 Å². The van der Waals surface area contributed by atoms with Gasteiger partial charge in [0.1, 0.15) is 76.0 Å². The van der Waals surface area contributed by atoms with Gasteiger partial charge in [0.25, 0.3) is 22.2 Å². The third kappa shape index (κ3) is 20.6. The Morgan fingerprint density at radius 1 is 0.407 bits per heavy atom. The summed E-state index contributed by atoms with van der Waals surface area (Å²) in [6.45, 7) is 12.3. The second kappa shape index (κ2) is 36.3. The van der Waals surface area contributed by atoms with E-state index < -0.39 is 73.7 Å². The minimum Gasteiger partial charge on any atom is -0.474 e. The Kier molecular flexibility index (Phi) is 25.9. The van der Waals surface area contributed by atoms with Gasteiger partial charge in [-0.2, -0.15) is 15.3 Å². The smallest absolute Gasteiger partial charge is 0.288 e. The molecule has 123 heavy (non-hydrogen) atoms. The van der Waals surface area contributed by atoms with Gasteiger partial charge in [-0.05, 0) is 201 Å². The molecular formula is C86H83F4N13O16S4. The summed E-state index contributed by atoms with van der Waals surface area (Å²) >= 11 is 0. The van der Waals surface area contributed by atoms with Crippen LogP contribution in [-0.2, 0) is 62.4 Å². The zero-order valence-electron chi connectivity index (χ0n) is 67.8. The number of rotatable bonds is 22. The van der Waals surface area contributed by atoms with E-state index in [0.29, 0.717) is 119 Å². The Labute approximate surface area is 701 Å². The van der Waals surface area contributed by atoms with Crippen LogP contribution in [0.4, 0.5) is 17.6 Å². The molecule has 0 amide bonds. The van der Waals surface area contributed by atoms with Crippen LogP contribution in [0.5, 0.6) is 40.5 Å². The van der Waals surface area contributed by atoms with Crippen LogP contribution in [-0.4, -0.2) is 127 Å². The van der Waals surface area contributed by atoms with E-state index in [1.165, 1.54) is 48.3 Å². The van der Waals surface area contributed by atoms with E-state index in [9.17, 15) is 70.4 Å². The van der Waals surface area contributed by atoms with Gasteiger partial charge in [-0.15, -0.1) is 0 Å². The van der Waals surface area contributed by atoms with Crippen LogP contribution < -0.4 is 41.2 Å². The zero-order valence-corrected chi connectivity index (χ0v) is 71.1. The first kappa shape index (κ1) is 87.7. The molecule has 10 aromatic heterocycles. The van der Waals surface area contributed by atoms with Crippen molar-refractivity contribution in [2.45, 2.75) is 110 Å². The molecule has 1 fully saturated rings. The first-order valence-corrected chi connectivity index (χ1v) is 46.2. The monoisotopic (exact) mass is 1760 g/mol. The van der Waals surface area contributed by atoms with E-state index in [1.54, 1.807) is 104 Å². The SMILES string of the molecule is CCS(=O)(=O)Cc1ccc(Oc2ccccc2C)c(-c2cc(C)c3c(=O)[nH]ccn23)c1.CCS(=O)(=O)Cc1cnc(Oc2ccc(F)cc2F)c(-c2cc(C)c3c(=O)[nH]ncn23)c1.Cc1cc(-c2cc(CS(C)(=O)=O)ccc2Oc2ccc(F)cc2F)n2cn[nH]c(=O)c12.Cc1cc(-c2cc(CS(C)(=O)=O)cnc2OC2CCCCC2)n2cn[nH]c(=O)c12. The molecule has 0 aliphatic heterocycles. The van der Waals surface area contributed by atoms with E-state index >= 15 is 0 Å². The number of H-pyrrole nitrogens is 4. The summed E-state index contributed by atoms with van der Waals surface area (Å²) in [6, 6.07) is 34.1. The van der Waals surface area contributed by atoms with Crippen molar-refractivity contribution >= 4 is 61.4 Å². The van der Waals surface area contributed by atoms with Gasteiger partial charge in [0.15, 0.2) is 62.5 Å². The van der Waals surface area contributed by atoms with Crippen molar-refractivity contribution in [2.24, 2.45) is 0 Å². The zero-order chi connectivity index (χ0) is 88.1. The largest absolute Gasteiger partial charge is 0.474 e. The quantitative estimate of drug-likeness (QED) is 0.0458. The topological polar surface area (TPSA) is 387 Å². The van der Waals surface area contributed by atoms with E-state index in [0.717, 1.165) is 84.2 Å². The van der Waals surface area contributed by atoms with Gasteiger partial charge in [0, 0.05) is 72.1 Å². The Morgan fingerprint density at radius 3 is 1.27 bits per heavy atom. The number of benzene rings is 5. The number of para-hydroxylation sites is 1. The number of aryl methyl sites for hydroxylation is 5. The molecule has 10 heterocycles. The molecule has 0 unspecified atom stereocenters. The second-order valence-electron chi connectivity index (χ2n) is 29.7. The van der Waals surface area contributed by atoms with E-state index in [4.69, 9.17) is 18.9 Å². The number of aromatic amines is 4. The number of nitrogens with zero attached hydrogens (tertiary/aromatic N) is 9. The van der Waals surface area contributed by atoms with Crippen molar-refractivity contribution in [3.05, 3.63) is 292 Å². The average Bonchev–Trinajstić information content (AvgIpc) is 1.65. The molecule has 0 atom stereocenters. The predicted octanol–water partition coefficient (Wildman–Crippen LogP) is 14.3. The van der Waals surface area contributed by atoms with Crippen LogP contribution in [0.25, 0.3) is 67.1 Å². The fraction of sp³-hybridized carbons (Fsp3) is 0.244. The highest BCUT2D eigenvalue weighted by molar-refractivity contribution is 7.91. The fourth-order valence-electron chi connectivity index (χ4n) is 14.4. The Balaban J connectivity index is 0.000000141. The van der Waals surface area contributed by atoms with Crippen LogP contribution in [0.1, 0.15) is 96.0 Å². The molecular weight excluding hydrogens is 1680 g/mol. The normalized spacial score (nSPS) is 12.7. The lowest BCUT2D eigenvalue weighted by atomic mass is 9.98. The number of hydrogen-bond donors (Lipinski definition) is 4. The van der Waals surface area contributed by atoms with Crippen LogP contribution >= 0.6 is 0 Å². The summed E-state index contributed by atoms with van der Waals surface area (Å²) in [5.41, 5.74) is 11.0. The van der Waals surface area contributed by atoms with E-state index in [2.05, 4.69) is 45.5 Å². The standard InChI is InChI=1S/C24H24N2O4S.C21H18F2N4O4S.C21H17F2N3O4S.C20H24N4O4S/c1-4-31(28,29)15-18-9-10-22(30-21-8-6-5-7-16(21)2)19(14-18)20-13-17(3)23-24(27)25-11-12-26(20)23;1-3-32(29,30)10-13-7-15(17-6-12(2)19-20(28)26-25-11-27(17)19)21(24-9-13)31-18-5-4-14(22)8-16(18)23;1-12-7-17(26-11-24-25-21(27)20(12)26)15-8-13(10-31(2,28)29)3-5-18(15)30-19-6-4-14(22)9-16(19)23;1-13-8-17(24-12-22-23-19(25)18(13)24)16-9-14(11-29(2,26)27)10-21-20(16)28-15-6-4-3-5-7-15/h5-14H,4,15H2,1-3H3,(H,25,27);4-9,11H,3,10H2,1-2H3,(H,26,28);3-9,11H,10H2,1-2H3,(H,25,27);8-10,12,15H,3-7,11H2,1-2H3,(H,23,25). The maximum atomic E-state index is 14.2. The van der Waals surface area contributed by atoms with Gasteiger partial charge in [0.2, 0.25) is 11.8 Å². The average molecular weight is 1760 g/mol. The molecule has 15 aromatic rings. The van der Waals surface area contributed by atoms with Crippen molar-refractivity contribution in [3.63, 3.8) is 0 Å². The second-order valence-corrected chi connectivity index (χ2v) is 38.7. The minimum absolute atomic E-state index is 0.0478. The van der Waals surface area contributed by atoms with Gasteiger partial charge in [0.05, 0.1) is 56.9 Å². The van der Waals surface area contributed by atoms with Gasteiger partial charge < -0.3 is 28.3 Å². The molecule has 4 N–H and O–H groups in total. The highest BCUT2D eigenvalue weighted by atomic mass is 32.2. The molecule has 0 bridgehead atoms. The van der Waals surface area contributed by atoms with E-state index in [-0.39, 0.29) is 74.9 Å². The minimum atomic E-state index is -3.36. The first-order chi connectivity index (χ1) is 58.4. The number of aromatic nitrogens is 13. The lowest BCUT2D eigenvalue weighted by Crippen LogP contribution is -2.20. The van der Waals surface area contributed by atoms with Gasteiger partial charge >= 0.3 is 0 Å². The molecule has 5 aromatic carbocycles. The van der Waals surface area contributed by atoms with Crippen molar-refractivity contribution in [2.75, 3.05) is 24.0 Å². The van der Waals surface area contributed by atoms with Crippen LogP contribution in [0.3, 0.4) is 0 Å². The third-order valence-electron chi connectivity index (χ3n) is 20.1. The molecule has 640 valence electrons. The van der Waals surface area contributed by atoms with Gasteiger partial charge in [-0.1, -0.05) is 50.6 Å². The molecule has 37 heteroatoms. The van der Waals surface area contributed by atoms with E-state index in [1.807, 2.05) is 67.6 Å². The maximum absolute atomic E-state index is 14.2. The first-order valence-electron chi connectivity index (χ1n) is 38.4. The number of ether oxygens (including phenoxy) is 4. The summed E-state index contributed by atoms with van der Waals surface area (Å²) in [4.78, 5) is 60.4. The Morgan fingerprint density at radius 2 is 0.797 bits per heavy atom. The summed E-state index contributed by atoms with van der Waals surface area (Å²) in [6.07, 6.45) is 18.4. The number of hydrogen-bond acceptors (Lipinski definition) is 21. The molecule has 16 rings (SSSR count). The third-order valence-corrected chi connectivity index (χ3v) is 25.1. The van der Waals surface area contributed by atoms with Crippen LogP contribution in [0.2, 0.25) is 0 Å². The highest BCUT2D eigenvalue weighted by Crippen LogP contribution is 2.42. The number of pyridine rings is 2. The number of halogens is 4. The predicted molar refractivity (Wildman–Crippen MR) is 457 cm³/mol. The molecule has 29 nitrogen and oxygen atoms in total. The lowest BCUT2D eigenvalue weighted by Gasteiger charge is -2.23. The van der Waals surface area contributed by atoms with Crippen molar-refractivity contribution in [1.82, 2.24) is 63.1 Å². The molecule has 1 saturated carbocycles. The number of nitrogens with one attached hydrogen (secondary N) is 4. The molecule has 0 saturated heterocycles. The summed E-state index contributed by atoms with van der Waals surface area (Å²) < 4.78 is 181. The van der Waals surface area contributed by atoms with Gasteiger partial charge in [-0.3, -0.25) is 32.4 Å². The molecule has 1 aliphatic rings. The molecule has 1 aliphatic carbocycles. The van der Waals surface area contributed by atoms with Crippen molar-refractivity contribution in [3.8, 4) is 85.5 Å². The maximum Gasteiger partial charge on any atom is 0.288 e. The van der Waals surface area contributed by atoms with Crippen molar-refractivity contribution < 1.29 is 70.2 Å². The molecule has 0 radical (unpaired) electrons. The Hall–Kier alpha value is -13.1.